The molecule has 1 aromatic rings. The highest BCUT2D eigenvalue weighted by Gasteiger charge is 2.16. The van der Waals surface area contributed by atoms with Crippen molar-refractivity contribution in [1.82, 2.24) is 9.62 Å². The molecule has 0 saturated carbocycles. The van der Waals surface area contributed by atoms with E-state index in [9.17, 15) is 17.6 Å². The molecule has 0 unspecified atom stereocenters. The van der Waals surface area contributed by atoms with E-state index >= 15 is 0 Å². The van der Waals surface area contributed by atoms with Gasteiger partial charge < -0.3 is 5.32 Å². The molecule has 0 heterocycles. The van der Waals surface area contributed by atoms with Crippen molar-refractivity contribution in [2.24, 2.45) is 0 Å². The molecule has 8 heteroatoms. The molecule has 0 aromatic heterocycles. The summed E-state index contributed by atoms with van der Waals surface area (Å²) in [7, 11) is -3.23. The molecule has 0 spiro atoms. The van der Waals surface area contributed by atoms with Crippen molar-refractivity contribution in [3.05, 3.63) is 34.1 Å². The Morgan fingerprint density at radius 3 is 2.62 bits per heavy atom. The van der Waals surface area contributed by atoms with Gasteiger partial charge in [0.25, 0.3) is 5.91 Å². The molecule has 1 rings (SSSR count). The Labute approximate surface area is 132 Å². The fourth-order valence-electron chi connectivity index (χ4n) is 1.82. The summed E-state index contributed by atoms with van der Waals surface area (Å²) in [5.41, 5.74) is -0.0482. The van der Waals surface area contributed by atoms with Crippen molar-refractivity contribution in [1.29, 1.82) is 0 Å². The lowest BCUT2D eigenvalue weighted by Crippen LogP contribution is -2.33. The third kappa shape index (κ3) is 5.37. The molecule has 1 aromatic carbocycles. The van der Waals surface area contributed by atoms with Crippen LogP contribution in [0.3, 0.4) is 0 Å². The van der Waals surface area contributed by atoms with E-state index in [0.29, 0.717) is 24.0 Å². The van der Waals surface area contributed by atoms with Crippen molar-refractivity contribution >= 4 is 31.9 Å². The van der Waals surface area contributed by atoms with Gasteiger partial charge >= 0.3 is 0 Å². The van der Waals surface area contributed by atoms with Crippen LogP contribution in [0.1, 0.15) is 23.7 Å². The first-order valence-electron chi connectivity index (χ1n) is 6.44. The maximum Gasteiger partial charge on any atom is 0.255 e. The molecule has 21 heavy (non-hydrogen) atoms. The number of carbonyl (C=O) groups excluding carboxylic acids is 1. The molecule has 0 radical (unpaired) electrons. The summed E-state index contributed by atoms with van der Waals surface area (Å²) in [5, 5.41) is 2.58. The Bertz CT molecular complexity index is 587. The summed E-state index contributed by atoms with van der Waals surface area (Å²) in [6, 6.07) is 4.30. The summed E-state index contributed by atoms with van der Waals surface area (Å²) in [6.07, 6.45) is 1.60. The second kappa shape index (κ2) is 7.86. The molecule has 0 aliphatic rings. The quantitative estimate of drug-likeness (QED) is 0.735. The van der Waals surface area contributed by atoms with Crippen molar-refractivity contribution in [2.45, 2.75) is 13.3 Å². The van der Waals surface area contributed by atoms with Gasteiger partial charge in [0.15, 0.2) is 0 Å². The lowest BCUT2D eigenvalue weighted by atomic mass is 10.2. The molecule has 118 valence electrons. The third-order valence-electron chi connectivity index (χ3n) is 2.88. The summed E-state index contributed by atoms with van der Waals surface area (Å²) in [4.78, 5) is 11.9. The predicted molar refractivity (Wildman–Crippen MR) is 83.1 cm³/mol. The van der Waals surface area contributed by atoms with E-state index in [2.05, 4.69) is 21.2 Å². The van der Waals surface area contributed by atoms with Crippen LogP contribution in [0.15, 0.2) is 22.7 Å². The molecular formula is C13H18BrFN2O3S. The minimum atomic E-state index is -3.23. The lowest BCUT2D eigenvalue weighted by Gasteiger charge is -2.17. The molecular weight excluding hydrogens is 363 g/mol. The van der Waals surface area contributed by atoms with Gasteiger partial charge in [-0.05, 0) is 34.5 Å². The number of nitrogens with one attached hydrogen (secondary N) is 1. The van der Waals surface area contributed by atoms with Crippen LogP contribution < -0.4 is 5.32 Å². The first-order valence-corrected chi connectivity index (χ1v) is 9.08. The maximum absolute atomic E-state index is 13.6. The highest BCUT2D eigenvalue weighted by atomic mass is 79.9. The zero-order valence-electron chi connectivity index (χ0n) is 11.9. The van der Waals surface area contributed by atoms with Gasteiger partial charge in [-0.15, -0.1) is 0 Å². The first kappa shape index (κ1) is 18.1. The number of sulfonamides is 1. The Morgan fingerprint density at radius 2 is 2.10 bits per heavy atom. The minimum absolute atomic E-state index is 0.0482. The van der Waals surface area contributed by atoms with Crippen LogP contribution in [0.5, 0.6) is 0 Å². The molecule has 1 N–H and O–H groups in total. The molecule has 0 aliphatic carbocycles. The van der Waals surface area contributed by atoms with E-state index in [1.807, 2.05) is 0 Å². The van der Waals surface area contributed by atoms with Gasteiger partial charge in [-0.1, -0.05) is 13.0 Å². The van der Waals surface area contributed by atoms with Crippen LogP contribution in [0.25, 0.3) is 0 Å². The normalized spacial score (nSPS) is 11.7. The Hall–Kier alpha value is -0.990. The Kier molecular flexibility index (Phi) is 6.76. The van der Waals surface area contributed by atoms with Gasteiger partial charge in [-0.2, -0.15) is 0 Å². The van der Waals surface area contributed by atoms with E-state index < -0.39 is 21.7 Å². The molecule has 0 bridgehead atoms. The van der Waals surface area contributed by atoms with Crippen LogP contribution >= 0.6 is 15.9 Å². The Balaban J connectivity index is 2.52. The number of nitrogens with zero attached hydrogens (tertiary/aromatic N) is 1. The van der Waals surface area contributed by atoms with Crippen LogP contribution in [0.4, 0.5) is 4.39 Å². The molecule has 0 aliphatic heterocycles. The molecule has 5 nitrogen and oxygen atoms in total. The number of benzene rings is 1. The highest BCUT2D eigenvalue weighted by Crippen LogP contribution is 2.19. The lowest BCUT2D eigenvalue weighted by molar-refractivity contribution is 0.0948. The van der Waals surface area contributed by atoms with Crippen molar-refractivity contribution in [2.75, 3.05) is 25.9 Å². The standard InChI is InChI=1S/C13H18BrFN2O3S/c1-3-17(21(2,19)20)9-5-8-16-13(18)12-10(14)6-4-7-11(12)15/h4,6-7H,3,5,8-9H2,1-2H3,(H,16,18). The third-order valence-corrected chi connectivity index (χ3v) is 4.92. The van der Waals surface area contributed by atoms with E-state index in [-0.39, 0.29) is 12.1 Å². The fraction of sp³-hybridized carbons (Fsp3) is 0.462. The molecule has 1 amide bonds. The summed E-state index contributed by atoms with van der Waals surface area (Å²) < 4.78 is 38.0. The van der Waals surface area contributed by atoms with Crippen LogP contribution in [-0.2, 0) is 10.0 Å². The fourth-order valence-corrected chi connectivity index (χ4v) is 3.27. The predicted octanol–water partition coefficient (Wildman–Crippen LogP) is 1.99. The van der Waals surface area contributed by atoms with Crippen molar-refractivity contribution in [3.63, 3.8) is 0 Å². The van der Waals surface area contributed by atoms with Crippen LogP contribution in [0.2, 0.25) is 0 Å². The second-order valence-electron chi connectivity index (χ2n) is 4.46. The number of rotatable bonds is 7. The van der Waals surface area contributed by atoms with Crippen molar-refractivity contribution < 1.29 is 17.6 Å². The van der Waals surface area contributed by atoms with Gasteiger partial charge in [0, 0.05) is 24.1 Å². The zero-order valence-corrected chi connectivity index (χ0v) is 14.3. The number of amides is 1. The summed E-state index contributed by atoms with van der Waals surface area (Å²) in [5.74, 6) is -1.13. The van der Waals surface area contributed by atoms with Crippen LogP contribution in [0, 0.1) is 5.82 Å². The number of halogens is 2. The van der Waals surface area contributed by atoms with E-state index in [4.69, 9.17) is 0 Å². The maximum atomic E-state index is 13.6. The number of hydrogen-bond acceptors (Lipinski definition) is 3. The van der Waals surface area contributed by atoms with E-state index in [0.717, 1.165) is 6.26 Å². The molecule has 0 saturated heterocycles. The monoisotopic (exact) mass is 380 g/mol. The molecule has 0 atom stereocenters. The SMILES string of the molecule is CCN(CCCNC(=O)c1c(F)cccc1Br)S(C)(=O)=O. The summed E-state index contributed by atoms with van der Waals surface area (Å²) in [6.45, 7) is 2.71. The smallest absolute Gasteiger partial charge is 0.255 e. The van der Waals surface area contributed by atoms with Crippen LogP contribution in [-0.4, -0.2) is 44.5 Å². The molecule has 0 fully saturated rings. The van der Waals surface area contributed by atoms with Gasteiger partial charge in [0.05, 0.1) is 11.8 Å². The first-order chi connectivity index (χ1) is 9.77. The van der Waals surface area contributed by atoms with Gasteiger partial charge in [0.2, 0.25) is 10.0 Å². The van der Waals surface area contributed by atoms with Crippen molar-refractivity contribution in [3.8, 4) is 0 Å². The zero-order chi connectivity index (χ0) is 16.0. The summed E-state index contributed by atoms with van der Waals surface area (Å²) >= 11 is 3.13. The van der Waals surface area contributed by atoms with Gasteiger partial charge in [-0.25, -0.2) is 17.1 Å². The van der Waals surface area contributed by atoms with E-state index in [1.165, 1.54) is 16.4 Å². The van der Waals surface area contributed by atoms with E-state index in [1.54, 1.807) is 13.0 Å². The Morgan fingerprint density at radius 1 is 1.43 bits per heavy atom. The van der Waals surface area contributed by atoms with Gasteiger partial charge in [0.1, 0.15) is 5.82 Å². The van der Waals surface area contributed by atoms with Gasteiger partial charge in [-0.3, -0.25) is 4.79 Å². The largest absolute Gasteiger partial charge is 0.352 e. The second-order valence-corrected chi connectivity index (χ2v) is 7.30. The number of carbonyl (C=O) groups is 1. The topological polar surface area (TPSA) is 66.5 Å². The highest BCUT2D eigenvalue weighted by molar-refractivity contribution is 9.10. The minimum Gasteiger partial charge on any atom is -0.352 e. The average molecular weight is 381 g/mol. The number of hydrogen-bond donors (Lipinski definition) is 1. The average Bonchev–Trinajstić information content (AvgIpc) is 2.36.